The van der Waals surface area contributed by atoms with Crippen molar-refractivity contribution < 1.29 is 14.3 Å². The number of carbonyl (C=O) groups excluding carboxylic acids is 2. The van der Waals surface area contributed by atoms with Gasteiger partial charge in [-0.1, -0.05) is 0 Å². The van der Waals surface area contributed by atoms with Crippen LogP contribution in [-0.2, 0) is 9.53 Å². The van der Waals surface area contributed by atoms with Gasteiger partial charge < -0.3 is 15.0 Å². The fourth-order valence-corrected chi connectivity index (χ4v) is 2.74. The topological polar surface area (TPSA) is 58.6 Å². The highest BCUT2D eigenvalue weighted by Gasteiger charge is 2.47. The second kappa shape index (κ2) is 4.35. The largest absolute Gasteiger partial charge is 0.465 e. The molecule has 2 aliphatic rings. The maximum atomic E-state index is 12.1. The van der Waals surface area contributed by atoms with E-state index in [1.165, 1.54) is 7.11 Å². The summed E-state index contributed by atoms with van der Waals surface area (Å²) < 4.78 is 4.65. The number of nitrogens with one attached hydrogen (secondary N) is 1. The summed E-state index contributed by atoms with van der Waals surface area (Å²) in [7, 11) is 1.35. The first-order valence-electron chi connectivity index (χ1n) is 6.33. The Kier molecular flexibility index (Phi) is 2.78. The Morgan fingerprint density at radius 1 is 1.32 bits per heavy atom. The lowest BCUT2D eigenvalue weighted by atomic mass is 9.81. The molecule has 5 heteroatoms. The van der Waals surface area contributed by atoms with Gasteiger partial charge in [0, 0.05) is 37.2 Å². The van der Waals surface area contributed by atoms with Crippen molar-refractivity contribution in [1.29, 1.82) is 0 Å². The van der Waals surface area contributed by atoms with Gasteiger partial charge in [0.15, 0.2) is 0 Å². The lowest BCUT2D eigenvalue weighted by molar-refractivity contribution is -0.118. The van der Waals surface area contributed by atoms with E-state index in [9.17, 15) is 9.59 Å². The summed E-state index contributed by atoms with van der Waals surface area (Å²) in [5.41, 5.74) is 1.47. The lowest BCUT2D eigenvalue weighted by Gasteiger charge is -2.38. The molecule has 0 aromatic heterocycles. The molecule has 2 heterocycles. The quantitative estimate of drug-likeness (QED) is 0.799. The van der Waals surface area contributed by atoms with E-state index in [2.05, 4.69) is 10.1 Å². The molecule has 1 N–H and O–H groups in total. The predicted octanol–water partition coefficient (Wildman–Crippen LogP) is 0.799. The third-order valence-electron chi connectivity index (χ3n) is 3.92. The maximum absolute atomic E-state index is 12.1. The van der Waals surface area contributed by atoms with Gasteiger partial charge in [-0.25, -0.2) is 4.79 Å². The predicted molar refractivity (Wildman–Crippen MR) is 70.1 cm³/mol. The van der Waals surface area contributed by atoms with E-state index < -0.39 is 0 Å². The number of ether oxygens (including phenoxy) is 1. The van der Waals surface area contributed by atoms with Crippen molar-refractivity contribution in [2.75, 3.05) is 31.6 Å². The summed E-state index contributed by atoms with van der Waals surface area (Å²) in [6.45, 7) is 2.58. The van der Waals surface area contributed by atoms with Crippen LogP contribution >= 0.6 is 0 Å². The molecule has 0 saturated carbocycles. The number of benzene rings is 1. The lowest BCUT2D eigenvalue weighted by Crippen LogP contribution is -2.54. The standard InChI is InChI=1S/C14H16N2O3/c1-19-13(18)10-2-4-11(5-3-10)16-9-14(6-12(16)17)7-15-8-14/h2-5,15H,6-9H2,1H3. The van der Waals surface area contributed by atoms with E-state index in [-0.39, 0.29) is 17.3 Å². The molecule has 1 amide bonds. The average molecular weight is 260 g/mol. The molecule has 19 heavy (non-hydrogen) atoms. The zero-order valence-corrected chi connectivity index (χ0v) is 10.8. The SMILES string of the molecule is COC(=O)c1ccc(N2CC3(CNC3)CC2=O)cc1. The first kappa shape index (κ1) is 12.2. The first-order chi connectivity index (χ1) is 9.13. The van der Waals surface area contributed by atoms with E-state index in [1.807, 2.05) is 4.90 Å². The van der Waals surface area contributed by atoms with Gasteiger partial charge in [0.05, 0.1) is 12.7 Å². The minimum absolute atomic E-state index is 0.123. The van der Waals surface area contributed by atoms with E-state index in [4.69, 9.17) is 0 Å². The molecule has 0 radical (unpaired) electrons. The second-order valence-corrected chi connectivity index (χ2v) is 5.30. The molecule has 2 saturated heterocycles. The summed E-state index contributed by atoms with van der Waals surface area (Å²) in [6, 6.07) is 6.99. The molecule has 3 rings (SSSR count). The normalized spacial score (nSPS) is 20.5. The minimum atomic E-state index is -0.362. The average Bonchev–Trinajstić information content (AvgIpc) is 2.76. The van der Waals surface area contributed by atoms with Crippen molar-refractivity contribution in [3.05, 3.63) is 29.8 Å². The zero-order chi connectivity index (χ0) is 13.5. The van der Waals surface area contributed by atoms with Gasteiger partial charge in [-0.2, -0.15) is 0 Å². The van der Waals surface area contributed by atoms with Crippen LogP contribution in [0.1, 0.15) is 16.8 Å². The van der Waals surface area contributed by atoms with Crippen LogP contribution in [0.3, 0.4) is 0 Å². The van der Waals surface area contributed by atoms with Crippen molar-refractivity contribution >= 4 is 17.6 Å². The molecule has 0 bridgehead atoms. The van der Waals surface area contributed by atoms with Crippen LogP contribution in [0.5, 0.6) is 0 Å². The van der Waals surface area contributed by atoms with Crippen molar-refractivity contribution in [3.63, 3.8) is 0 Å². The van der Waals surface area contributed by atoms with Crippen LogP contribution in [0.25, 0.3) is 0 Å². The summed E-state index contributed by atoms with van der Waals surface area (Å²) >= 11 is 0. The number of anilines is 1. The number of carbonyl (C=O) groups is 2. The second-order valence-electron chi connectivity index (χ2n) is 5.30. The Morgan fingerprint density at radius 2 is 2.00 bits per heavy atom. The van der Waals surface area contributed by atoms with E-state index >= 15 is 0 Å². The Labute approximate surface area is 111 Å². The van der Waals surface area contributed by atoms with Crippen molar-refractivity contribution in [3.8, 4) is 0 Å². The highest BCUT2D eigenvalue weighted by Crippen LogP contribution is 2.37. The first-order valence-corrected chi connectivity index (χ1v) is 6.33. The summed E-state index contributed by atoms with van der Waals surface area (Å²) in [5, 5.41) is 3.23. The number of esters is 1. The van der Waals surface area contributed by atoms with Gasteiger partial charge in [0.1, 0.15) is 0 Å². The molecule has 1 aromatic rings. The van der Waals surface area contributed by atoms with E-state index in [0.29, 0.717) is 12.0 Å². The highest BCUT2D eigenvalue weighted by molar-refractivity contribution is 5.97. The number of methoxy groups -OCH3 is 1. The number of hydrogen-bond acceptors (Lipinski definition) is 4. The molecule has 2 aliphatic heterocycles. The Balaban J connectivity index is 1.79. The van der Waals surface area contributed by atoms with Crippen molar-refractivity contribution in [1.82, 2.24) is 5.32 Å². The molecule has 100 valence electrons. The van der Waals surface area contributed by atoms with Crippen LogP contribution in [0.4, 0.5) is 5.69 Å². The van der Waals surface area contributed by atoms with Gasteiger partial charge in [-0.05, 0) is 24.3 Å². The number of nitrogens with zero attached hydrogens (tertiary/aromatic N) is 1. The molecule has 5 nitrogen and oxygen atoms in total. The van der Waals surface area contributed by atoms with E-state index in [1.54, 1.807) is 24.3 Å². The molecular weight excluding hydrogens is 244 g/mol. The third-order valence-corrected chi connectivity index (χ3v) is 3.92. The van der Waals surface area contributed by atoms with Crippen molar-refractivity contribution in [2.24, 2.45) is 5.41 Å². The Hall–Kier alpha value is -1.88. The smallest absolute Gasteiger partial charge is 0.337 e. The molecular formula is C14H16N2O3. The van der Waals surface area contributed by atoms with Crippen LogP contribution in [-0.4, -0.2) is 38.6 Å². The van der Waals surface area contributed by atoms with Crippen molar-refractivity contribution in [2.45, 2.75) is 6.42 Å². The summed E-state index contributed by atoms with van der Waals surface area (Å²) in [5.74, 6) is -0.203. The van der Waals surface area contributed by atoms with E-state index in [0.717, 1.165) is 25.3 Å². The van der Waals surface area contributed by atoms with Crippen LogP contribution < -0.4 is 10.2 Å². The van der Waals surface area contributed by atoms with Gasteiger partial charge in [-0.15, -0.1) is 0 Å². The number of rotatable bonds is 2. The Morgan fingerprint density at radius 3 is 2.47 bits per heavy atom. The monoisotopic (exact) mass is 260 g/mol. The molecule has 0 atom stereocenters. The Bertz CT molecular complexity index is 520. The number of hydrogen-bond donors (Lipinski definition) is 1. The van der Waals surface area contributed by atoms with Gasteiger partial charge in [0.25, 0.3) is 0 Å². The molecule has 0 unspecified atom stereocenters. The van der Waals surface area contributed by atoms with Crippen LogP contribution in [0.2, 0.25) is 0 Å². The fraction of sp³-hybridized carbons (Fsp3) is 0.429. The van der Waals surface area contributed by atoms with Gasteiger partial charge in [-0.3, -0.25) is 4.79 Å². The van der Waals surface area contributed by atoms with Crippen LogP contribution in [0, 0.1) is 5.41 Å². The molecule has 1 spiro atoms. The van der Waals surface area contributed by atoms with Crippen LogP contribution in [0.15, 0.2) is 24.3 Å². The molecule has 1 aromatic carbocycles. The minimum Gasteiger partial charge on any atom is -0.465 e. The third kappa shape index (κ3) is 2.00. The molecule has 2 fully saturated rings. The number of amides is 1. The molecule has 0 aliphatic carbocycles. The summed E-state index contributed by atoms with van der Waals surface area (Å²) in [4.78, 5) is 25.2. The summed E-state index contributed by atoms with van der Waals surface area (Å²) in [6.07, 6.45) is 0.610. The highest BCUT2D eigenvalue weighted by atomic mass is 16.5. The zero-order valence-electron chi connectivity index (χ0n) is 10.8. The van der Waals surface area contributed by atoms with Gasteiger partial charge in [0.2, 0.25) is 5.91 Å². The van der Waals surface area contributed by atoms with Gasteiger partial charge >= 0.3 is 5.97 Å². The maximum Gasteiger partial charge on any atom is 0.337 e. The fourth-order valence-electron chi connectivity index (χ4n) is 2.74.